The van der Waals surface area contributed by atoms with Gasteiger partial charge in [0.15, 0.2) is 17.5 Å². The lowest BCUT2D eigenvalue weighted by molar-refractivity contribution is 0.466. The lowest BCUT2D eigenvalue weighted by Gasteiger charge is -2.07. The summed E-state index contributed by atoms with van der Waals surface area (Å²) in [4.78, 5) is 3.14. The van der Waals surface area contributed by atoms with Gasteiger partial charge >= 0.3 is 0 Å². The molecule has 1 aromatic heterocycles. The molecule has 0 fully saturated rings. The van der Waals surface area contributed by atoms with Gasteiger partial charge in [-0.05, 0) is 17.7 Å². The molecular weight excluding hydrogens is 255 g/mol. The molecule has 2 rings (SSSR count). The van der Waals surface area contributed by atoms with Crippen molar-refractivity contribution >= 4 is 5.82 Å². The number of rotatable bonds is 3. The molecule has 19 heavy (non-hydrogen) atoms. The highest BCUT2D eigenvalue weighted by molar-refractivity contribution is 5.39. The van der Waals surface area contributed by atoms with E-state index in [1.165, 1.54) is 0 Å². The van der Waals surface area contributed by atoms with Crippen molar-refractivity contribution in [1.82, 2.24) is 4.98 Å². The summed E-state index contributed by atoms with van der Waals surface area (Å²) in [5.41, 5.74) is 1.16. The molecule has 6 heteroatoms. The van der Waals surface area contributed by atoms with Gasteiger partial charge in [0.25, 0.3) is 5.95 Å². The van der Waals surface area contributed by atoms with Gasteiger partial charge in [0.1, 0.15) is 0 Å². The van der Waals surface area contributed by atoms with Gasteiger partial charge in [-0.2, -0.15) is 14.6 Å². The normalized spacial score (nSPS) is 10.0. The first kappa shape index (κ1) is 12.9. The largest absolute Gasteiger partial charge is 0.363 e. The van der Waals surface area contributed by atoms with E-state index in [0.29, 0.717) is 17.2 Å². The number of halogens is 3. The average molecular weight is 263 g/mol. The van der Waals surface area contributed by atoms with Crippen LogP contribution in [0.25, 0.3) is 0 Å². The second-order valence-corrected chi connectivity index (χ2v) is 3.76. The van der Waals surface area contributed by atoms with Crippen LogP contribution in [0.15, 0.2) is 30.3 Å². The molecule has 2 aromatic rings. The maximum absolute atomic E-state index is 13.3. The summed E-state index contributed by atoms with van der Waals surface area (Å²) in [5.74, 6) is -4.05. The Morgan fingerprint density at radius 1 is 1.16 bits per heavy atom. The molecule has 0 unspecified atom stereocenters. The van der Waals surface area contributed by atoms with Crippen LogP contribution in [0.3, 0.4) is 0 Å². The lowest BCUT2D eigenvalue weighted by Crippen LogP contribution is -2.06. The van der Waals surface area contributed by atoms with Gasteiger partial charge in [0, 0.05) is 12.6 Å². The minimum atomic E-state index is -1.37. The number of nitrogens with zero attached hydrogens (tertiary/aromatic N) is 2. The van der Waals surface area contributed by atoms with E-state index in [-0.39, 0.29) is 12.4 Å². The van der Waals surface area contributed by atoms with Crippen molar-refractivity contribution in [2.45, 2.75) is 6.54 Å². The number of pyridine rings is 1. The third kappa shape index (κ3) is 3.01. The van der Waals surface area contributed by atoms with E-state index in [9.17, 15) is 13.2 Å². The topological polar surface area (TPSA) is 48.7 Å². The Morgan fingerprint density at radius 2 is 1.95 bits per heavy atom. The molecule has 0 amide bonds. The van der Waals surface area contributed by atoms with Crippen molar-refractivity contribution in [2.75, 3.05) is 5.32 Å². The minimum Gasteiger partial charge on any atom is -0.363 e. The predicted octanol–water partition coefficient (Wildman–Crippen LogP) is 2.98. The molecule has 0 saturated heterocycles. The number of benzene rings is 1. The molecule has 0 aliphatic heterocycles. The van der Waals surface area contributed by atoms with Crippen molar-refractivity contribution in [3.05, 3.63) is 59.0 Å². The molecule has 1 heterocycles. The molecule has 1 aromatic carbocycles. The third-order valence-electron chi connectivity index (χ3n) is 2.40. The van der Waals surface area contributed by atoms with Crippen molar-refractivity contribution in [3.63, 3.8) is 0 Å². The quantitative estimate of drug-likeness (QED) is 0.866. The van der Waals surface area contributed by atoms with Crippen LogP contribution in [-0.4, -0.2) is 4.98 Å². The van der Waals surface area contributed by atoms with Crippen LogP contribution < -0.4 is 5.32 Å². The van der Waals surface area contributed by atoms with Gasteiger partial charge in [-0.1, -0.05) is 12.1 Å². The van der Waals surface area contributed by atoms with Crippen LogP contribution in [0.5, 0.6) is 0 Å². The first-order valence-corrected chi connectivity index (χ1v) is 5.34. The molecule has 1 N–H and O–H groups in total. The van der Waals surface area contributed by atoms with Crippen molar-refractivity contribution in [1.29, 1.82) is 5.26 Å². The number of hydrogen-bond acceptors (Lipinski definition) is 3. The van der Waals surface area contributed by atoms with Gasteiger partial charge in [0.2, 0.25) is 0 Å². The van der Waals surface area contributed by atoms with E-state index in [1.807, 2.05) is 6.07 Å². The van der Waals surface area contributed by atoms with Crippen LogP contribution in [0, 0.1) is 28.9 Å². The Kier molecular flexibility index (Phi) is 3.66. The summed E-state index contributed by atoms with van der Waals surface area (Å²) in [6.45, 7) is 0.143. The molecule has 0 bridgehead atoms. The fraction of sp³-hybridized carbons (Fsp3) is 0.0769. The fourth-order valence-corrected chi connectivity index (χ4v) is 1.50. The number of nitrogens with one attached hydrogen (secondary N) is 1. The monoisotopic (exact) mass is 263 g/mol. The van der Waals surface area contributed by atoms with Gasteiger partial charge < -0.3 is 5.32 Å². The molecule has 0 spiro atoms. The Labute approximate surface area is 107 Å². The van der Waals surface area contributed by atoms with Crippen LogP contribution >= 0.6 is 0 Å². The summed E-state index contributed by atoms with van der Waals surface area (Å²) in [7, 11) is 0. The Morgan fingerprint density at radius 3 is 2.68 bits per heavy atom. The number of nitriles is 1. The summed E-state index contributed by atoms with van der Waals surface area (Å²) in [5, 5.41) is 11.3. The second-order valence-electron chi connectivity index (χ2n) is 3.76. The predicted molar refractivity (Wildman–Crippen MR) is 62.6 cm³/mol. The lowest BCUT2D eigenvalue weighted by atomic mass is 10.1. The van der Waals surface area contributed by atoms with Crippen LogP contribution in [0.4, 0.5) is 19.0 Å². The molecule has 0 saturated carbocycles. The van der Waals surface area contributed by atoms with E-state index in [0.717, 1.165) is 0 Å². The maximum Gasteiger partial charge on any atom is 0.251 e. The highest BCUT2D eigenvalue weighted by Crippen LogP contribution is 2.15. The second kappa shape index (κ2) is 5.40. The van der Waals surface area contributed by atoms with Crippen molar-refractivity contribution in [2.24, 2.45) is 0 Å². The van der Waals surface area contributed by atoms with Crippen LogP contribution in [0.2, 0.25) is 0 Å². The zero-order valence-electron chi connectivity index (χ0n) is 9.62. The van der Waals surface area contributed by atoms with E-state index >= 15 is 0 Å². The van der Waals surface area contributed by atoms with E-state index in [2.05, 4.69) is 10.3 Å². The molecule has 0 atom stereocenters. The van der Waals surface area contributed by atoms with E-state index in [4.69, 9.17) is 5.26 Å². The summed E-state index contributed by atoms with van der Waals surface area (Å²) in [6, 6.07) is 9.01. The van der Waals surface area contributed by atoms with Crippen molar-refractivity contribution < 1.29 is 13.2 Å². The molecule has 96 valence electrons. The molecular formula is C13H8F3N3. The molecule has 0 aliphatic rings. The van der Waals surface area contributed by atoms with E-state index in [1.54, 1.807) is 24.3 Å². The minimum absolute atomic E-state index is 0.143. The maximum atomic E-state index is 13.3. The first-order chi connectivity index (χ1) is 9.10. The Balaban J connectivity index is 2.14. The van der Waals surface area contributed by atoms with Crippen molar-refractivity contribution in [3.8, 4) is 6.07 Å². The first-order valence-electron chi connectivity index (χ1n) is 5.34. The van der Waals surface area contributed by atoms with Gasteiger partial charge in [-0.15, -0.1) is 0 Å². The molecule has 0 aliphatic carbocycles. The zero-order chi connectivity index (χ0) is 13.8. The van der Waals surface area contributed by atoms with E-state index < -0.39 is 17.6 Å². The van der Waals surface area contributed by atoms with Gasteiger partial charge in [-0.3, -0.25) is 0 Å². The summed E-state index contributed by atoms with van der Waals surface area (Å²) in [6.07, 6.45) is 0. The van der Waals surface area contributed by atoms with Crippen LogP contribution in [0.1, 0.15) is 11.1 Å². The van der Waals surface area contributed by atoms with Crippen LogP contribution in [-0.2, 0) is 6.54 Å². The number of anilines is 1. The molecule has 0 radical (unpaired) electrons. The standard InChI is InChI=1S/C13H8F3N3/c14-10-5-11(15)13(19-12(10)16)18-7-9-3-1-2-8(4-9)6-17/h1-5H,7H2,(H,18,19). The highest BCUT2D eigenvalue weighted by atomic mass is 19.2. The zero-order valence-corrected chi connectivity index (χ0v) is 9.62. The average Bonchev–Trinajstić information content (AvgIpc) is 2.41. The highest BCUT2D eigenvalue weighted by Gasteiger charge is 2.11. The summed E-state index contributed by atoms with van der Waals surface area (Å²) >= 11 is 0. The summed E-state index contributed by atoms with van der Waals surface area (Å²) < 4.78 is 38.8. The Bertz CT molecular complexity index is 650. The number of aromatic nitrogens is 1. The smallest absolute Gasteiger partial charge is 0.251 e. The third-order valence-corrected chi connectivity index (χ3v) is 2.40. The van der Waals surface area contributed by atoms with Gasteiger partial charge in [-0.25, -0.2) is 8.78 Å². The Hall–Kier alpha value is -2.55. The molecule has 3 nitrogen and oxygen atoms in total. The fourth-order valence-electron chi connectivity index (χ4n) is 1.50. The SMILES string of the molecule is N#Cc1cccc(CNc2nc(F)c(F)cc2F)c1. The van der Waals surface area contributed by atoms with Gasteiger partial charge in [0.05, 0.1) is 11.6 Å². The number of hydrogen-bond donors (Lipinski definition) is 1.